The minimum Gasteiger partial charge on any atom is -0.580 e. The summed E-state index contributed by atoms with van der Waals surface area (Å²) in [5.74, 6) is 1.45. The topological polar surface area (TPSA) is 78.9 Å². The van der Waals surface area contributed by atoms with Crippen LogP contribution < -0.4 is 15.6 Å². The number of fused-ring (bicyclic) bond motifs is 2. The third-order valence-corrected chi connectivity index (χ3v) is 4.33. The zero-order valence-electron chi connectivity index (χ0n) is 17.7. The van der Waals surface area contributed by atoms with Crippen LogP contribution in [0.5, 0.6) is 5.75 Å². The number of hydrogen-bond acceptors (Lipinski definition) is 6. The van der Waals surface area contributed by atoms with E-state index in [0.29, 0.717) is 46.7 Å². The van der Waals surface area contributed by atoms with E-state index in [1.165, 1.54) is 12.1 Å². The molecule has 31 heavy (non-hydrogen) atoms. The monoisotopic (exact) mass is 496 g/mol. The van der Waals surface area contributed by atoms with E-state index in [9.17, 15) is 9.59 Å². The largest absolute Gasteiger partial charge is 0.580 e. The summed E-state index contributed by atoms with van der Waals surface area (Å²) in [6, 6.07) is 15.3. The van der Waals surface area contributed by atoms with Gasteiger partial charge in [-0.3, -0.25) is 4.79 Å². The van der Waals surface area contributed by atoms with E-state index in [0.717, 1.165) is 0 Å². The van der Waals surface area contributed by atoms with E-state index in [-0.39, 0.29) is 49.5 Å². The van der Waals surface area contributed by atoms with Crippen molar-refractivity contribution < 1.29 is 51.0 Å². The van der Waals surface area contributed by atoms with Gasteiger partial charge in [-0.25, -0.2) is 0 Å². The molecule has 1 unspecified atom stereocenters. The molecule has 1 radical (unpaired) electrons. The fraction of sp³-hybridized carbons (Fsp3) is 0.250. The zero-order chi connectivity index (χ0) is 21.5. The first-order valence-corrected chi connectivity index (χ1v) is 9.53. The van der Waals surface area contributed by atoms with Gasteiger partial charge in [0.1, 0.15) is 17.1 Å². The Labute approximate surface area is 205 Å². The minimum absolute atomic E-state index is 0. The van der Waals surface area contributed by atoms with Gasteiger partial charge in [-0.15, -0.1) is 0 Å². The quantitative estimate of drug-likeness (QED) is 0.383. The van der Waals surface area contributed by atoms with Crippen LogP contribution in [0.1, 0.15) is 12.7 Å². The molecule has 0 aliphatic carbocycles. The van der Waals surface area contributed by atoms with Crippen molar-refractivity contribution in [1.82, 2.24) is 0 Å². The smallest absolute Gasteiger partial charge is 0.192 e. The van der Waals surface area contributed by atoms with Crippen molar-refractivity contribution in [1.29, 1.82) is 0 Å². The van der Waals surface area contributed by atoms with Crippen LogP contribution in [0.25, 0.3) is 21.9 Å². The van der Waals surface area contributed by atoms with Crippen LogP contribution >= 0.6 is 0 Å². The van der Waals surface area contributed by atoms with Gasteiger partial charge in [0.2, 0.25) is 0 Å². The molecule has 0 N–H and O–H groups in total. The Morgan fingerprint density at radius 1 is 1.00 bits per heavy atom. The minimum atomic E-state index is -0.147. The molecule has 159 valence electrons. The third-order valence-electron chi connectivity index (χ3n) is 4.33. The first kappa shape index (κ1) is 25.0. The van der Waals surface area contributed by atoms with Gasteiger partial charge in [0, 0.05) is 57.4 Å². The van der Waals surface area contributed by atoms with E-state index in [1.807, 2.05) is 19.1 Å². The predicted molar refractivity (Wildman–Crippen MR) is 115 cm³/mol. The fourth-order valence-electron chi connectivity index (χ4n) is 2.97. The molecule has 0 amide bonds. The summed E-state index contributed by atoms with van der Waals surface area (Å²) in [7, 11) is 1.65. The Kier molecular flexibility index (Phi) is 9.62. The molecule has 0 spiro atoms. The number of hydrogen-bond donors (Lipinski definition) is 0. The maximum Gasteiger partial charge on any atom is 0.192 e. The Hall–Kier alpha value is -2.28. The van der Waals surface area contributed by atoms with Crippen LogP contribution in [0, 0.1) is 19.1 Å². The Morgan fingerprint density at radius 3 is 2.52 bits per heavy atom. The number of benzene rings is 2. The number of ether oxygens (including phenoxy) is 2. The molecule has 2 heterocycles. The molecule has 0 bridgehead atoms. The van der Waals surface area contributed by atoms with Crippen molar-refractivity contribution in [3.8, 4) is 5.75 Å². The molecule has 0 aliphatic heterocycles. The Bertz CT molecular complexity index is 1240. The molecular formula is C24H23O6Y-. The number of rotatable bonds is 5. The van der Waals surface area contributed by atoms with Gasteiger partial charge in [0.15, 0.2) is 5.43 Å². The second kappa shape index (κ2) is 11.9. The zero-order valence-corrected chi connectivity index (χ0v) is 20.6. The Balaban J connectivity index is 0.000000229. The molecule has 0 saturated heterocycles. The fourth-order valence-corrected chi connectivity index (χ4v) is 2.97. The normalized spacial score (nSPS) is 11.3. The van der Waals surface area contributed by atoms with Gasteiger partial charge in [-0.1, -0.05) is 37.3 Å². The summed E-state index contributed by atoms with van der Waals surface area (Å²) < 4.78 is 21.2. The predicted octanol–water partition coefficient (Wildman–Crippen LogP) is 4.35. The number of methoxy groups -OCH3 is 1. The van der Waals surface area contributed by atoms with Gasteiger partial charge in [-0.2, -0.15) is 0 Å². The Morgan fingerprint density at radius 2 is 1.74 bits per heavy atom. The number of aryl methyl sites for hydroxylation is 1. The van der Waals surface area contributed by atoms with E-state index < -0.39 is 0 Å². The van der Waals surface area contributed by atoms with Crippen LogP contribution in [0.15, 0.2) is 73.0 Å². The first-order valence-electron chi connectivity index (χ1n) is 9.53. The molecular weight excluding hydrogens is 473 g/mol. The van der Waals surface area contributed by atoms with Crippen molar-refractivity contribution in [3.63, 3.8) is 0 Å². The molecule has 4 rings (SSSR count). The summed E-state index contributed by atoms with van der Waals surface area (Å²) >= 11 is 0. The molecule has 0 fully saturated rings. The second-order valence-electron chi connectivity index (χ2n) is 6.95. The molecule has 0 saturated carbocycles. The van der Waals surface area contributed by atoms with E-state index in [2.05, 4.69) is 6.26 Å². The summed E-state index contributed by atoms with van der Waals surface area (Å²) in [5, 5.41) is 1.10. The van der Waals surface area contributed by atoms with Crippen molar-refractivity contribution >= 4 is 21.9 Å². The summed E-state index contributed by atoms with van der Waals surface area (Å²) in [4.78, 5) is 23.1. The second-order valence-corrected chi connectivity index (χ2v) is 6.95. The van der Waals surface area contributed by atoms with Crippen molar-refractivity contribution in [3.05, 3.63) is 87.1 Å². The summed E-state index contributed by atoms with van der Waals surface area (Å²) in [6.45, 7) is 4.90. The maximum atomic E-state index is 11.8. The average molecular weight is 496 g/mol. The van der Waals surface area contributed by atoms with Crippen LogP contribution in [-0.4, -0.2) is 20.3 Å². The molecule has 2 aromatic carbocycles. The van der Waals surface area contributed by atoms with Gasteiger partial charge >= 0.3 is 0 Å². The van der Waals surface area contributed by atoms with Crippen LogP contribution in [0.4, 0.5) is 0 Å². The van der Waals surface area contributed by atoms with E-state index in [4.69, 9.17) is 18.3 Å². The van der Waals surface area contributed by atoms with Crippen molar-refractivity contribution in [2.24, 2.45) is 5.92 Å². The van der Waals surface area contributed by atoms with Crippen LogP contribution in [0.3, 0.4) is 0 Å². The maximum absolute atomic E-state index is 11.8. The number of para-hydroxylation sites is 1. The van der Waals surface area contributed by atoms with E-state index in [1.54, 1.807) is 44.4 Å². The van der Waals surface area contributed by atoms with Crippen molar-refractivity contribution in [2.45, 2.75) is 13.8 Å². The standard InChI is InChI=1S/C14H15O4.C10H8O2.Y/c1-10(8-16-2)9-18-13-5-3-4-12-14(13)11(15)6-7-17-12;1-7-6-9(11)8-4-2-3-5-10(8)12-7;/h3-6,10H,8-9H2,1-2H3;2-6H,1H3;/q-1;;. The molecule has 7 heteroatoms. The SMILES string of the molecule is COCC(C)COc1cccc2o[c-]cc(=O)c12.Cc1cc(=O)c2ccccc2o1.[Y]. The molecule has 6 nitrogen and oxygen atoms in total. The van der Waals surface area contributed by atoms with E-state index >= 15 is 0 Å². The molecule has 2 aromatic heterocycles. The van der Waals surface area contributed by atoms with Gasteiger partial charge in [0.25, 0.3) is 0 Å². The van der Waals surface area contributed by atoms with Crippen molar-refractivity contribution in [2.75, 3.05) is 20.3 Å². The van der Waals surface area contributed by atoms with Gasteiger partial charge in [0.05, 0.1) is 24.0 Å². The van der Waals surface area contributed by atoms with Gasteiger partial charge in [-0.05, 0) is 36.8 Å². The summed E-state index contributed by atoms with van der Waals surface area (Å²) in [6.07, 6.45) is 2.45. The first-order chi connectivity index (χ1) is 14.5. The van der Waals surface area contributed by atoms with Gasteiger partial charge < -0.3 is 23.1 Å². The third kappa shape index (κ3) is 6.60. The van der Waals surface area contributed by atoms with Crippen LogP contribution in [-0.2, 0) is 37.4 Å². The average Bonchev–Trinajstić information content (AvgIpc) is 2.73. The molecule has 0 aliphatic rings. The summed E-state index contributed by atoms with van der Waals surface area (Å²) in [5.41, 5.74) is 1.02. The molecule has 4 aromatic rings. The van der Waals surface area contributed by atoms with Crippen LogP contribution in [0.2, 0.25) is 0 Å². The molecule has 1 atom stereocenters.